The van der Waals surface area contributed by atoms with Crippen LogP contribution in [0.15, 0.2) is 36.4 Å². The molecule has 0 aliphatic rings. The number of anilines is 1. The first kappa shape index (κ1) is 17.7. The summed E-state index contributed by atoms with van der Waals surface area (Å²) in [6, 6.07) is 11.1. The molecule has 2 aromatic carbocycles. The van der Waals surface area contributed by atoms with Gasteiger partial charge in [-0.1, -0.05) is 0 Å². The normalized spacial score (nSPS) is 9.80. The Morgan fingerprint density at radius 2 is 2.00 bits per heavy atom. The second kappa shape index (κ2) is 7.79. The van der Waals surface area contributed by atoms with Gasteiger partial charge in [0.05, 0.1) is 23.7 Å². The topological polar surface area (TPSA) is 114 Å². The molecule has 2 rings (SSSR count). The molecule has 1 amide bonds. The van der Waals surface area contributed by atoms with Gasteiger partial charge in [-0.15, -0.1) is 0 Å². The first-order valence-electron chi connectivity index (χ1n) is 7.20. The number of carbonyl (C=O) groups excluding carboxylic acids is 1. The van der Waals surface area contributed by atoms with Crippen LogP contribution in [0.1, 0.15) is 11.1 Å². The number of hydrogen-bond donors (Lipinski definition) is 1. The maximum Gasteiger partial charge on any atom is 0.311 e. The van der Waals surface area contributed by atoms with Gasteiger partial charge in [0.25, 0.3) is 5.91 Å². The van der Waals surface area contributed by atoms with Crippen LogP contribution in [-0.2, 0) is 4.79 Å². The lowest BCUT2D eigenvalue weighted by Gasteiger charge is -2.11. The second-order valence-electron chi connectivity index (χ2n) is 5.07. The highest BCUT2D eigenvalue weighted by Crippen LogP contribution is 2.32. The van der Waals surface area contributed by atoms with Crippen LogP contribution in [0, 0.1) is 28.4 Å². The lowest BCUT2D eigenvalue weighted by molar-refractivity contribution is -0.385. The summed E-state index contributed by atoms with van der Waals surface area (Å²) < 4.78 is 10.3. The van der Waals surface area contributed by atoms with E-state index in [2.05, 4.69) is 5.32 Å². The minimum atomic E-state index is -0.550. The molecule has 0 saturated carbocycles. The standard InChI is InChI=1S/C17H15N3O5/c1-11-7-15(20(22)23)16(24-2)8-14(11)19-17(21)10-25-13-5-3-12(9-18)4-6-13/h3-8H,10H2,1-2H3,(H,19,21). The molecule has 0 aromatic heterocycles. The van der Waals surface area contributed by atoms with Gasteiger partial charge in [-0.05, 0) is 36.8 Å². The van der Waals surface area contributed by atoms with E-state index >= 15 is 0 Å². The largest absolute Gasteiger partial charge is 0.490 e. The maximum absolute atomic E-state index is 12.0. The monoisotopic (exact) mass is 341 g/mol. The summed E-state index contributed by atoms with van der Waals surface area (Å²) in [5.41, 5.74) is 1.24. The van der Waals surface area contributed by atoms with Gasteiger partial charge in [0.2, 0.25) is 0 Å². The van der Waals surface area contributed by atoms with Gasteiger partial charge in [-0.3, -0.25) is 14.9 Å². The van der Waals surface area contributed by atoms with E-state index in [1.807, 2.05) is 6.07 Å². The van der Waals surface area contributed by atoms with E-state index in [-0.39, 0.29) is 18.0 Å². The first-order chi connectivity index (χ1) is 11.9. The third kappa shape index (κ3) is 4.45. The van der Waals surface area contributed by atoms with Crippen LogP contribution in [0.4, 0.5) is 11.4 Å². The van der Waals surface area contributed by atoms with Crippen LogP contribution < -0.4 is 14.8 Å². The van der Waals surface area contributed by atoms with E-state index in [1.165, 1.54) is 19.2 Å². The molecule has 0 spiro atoms. The molecule has 0 aliphatic heterocycles. The van der Waals surface area contributed by atoms with E-state index < -0.39 is 10.8 Å². The Bertz CT molecular complexity index is 841. The Balaban J connectivity index is 2.04. The van der Waals surface area contributed by atoms with E-state index in [1.54, 1.807) is 31.2 Å². The van der Waals surface area contributed by atoms with Crippen molar-refractivity contribution in [3.63, 3.8) is 0 Å². The number of nitro benzene ring substituents is 1. The molecule has 0 aliphatic carbocycles. The average Bonchev–Trinajstić information content (AvgIpc) is 2.61. The van der Waals surface area contributed by atoms with Crippen LogP contribution in [0.2, 0.25) is 0 Å². The number of ether oxygens (including phenoxy) is 2. The molecule has 0 radical (unpaired) electrons. The minimum Gasteiger partial charge on any atom is -0.490 e. The summed E-state index contributed by atoms with van der Waals surface area (Å²) in [5.74, 6) is 0.0782. The molecular formula is C17H15N3O5. The van der Waals surface area contributed by atoms with Crippen LogP contribution in [-0.4, -0.2) is 24.5 Å². The summed E-state index contributed by atoms with van der Waals surface area (Å²) in [6.07, 6.45) is 0. The van der Waals surface area contributed by atoms with Crippen molar-refractivity contribution in [1.82, 2.24) is 0 Å². The zero-order valence-corrected chi connectivity index (χ0v) is 13.6. The number of nitrogens with one attached hydrogen (secondary N) is 1. The Morgan fingerprint density at radius 1 is 1.32 bits per heavy atom. The number of aryl methyl sites for hydroxylation is 1. The number of nitriles is 1. The van der Waals surface area contributed by atoms with Gasteiger partial charge in [-0.2, -0.15) is 5.26 Å². The number of methoxy groups -OCH3 is 1. The number of nitrogens with zero attached hydrogens (tertiary/aromatic N) is 2. The van der Waals surface area contributed by atoms with Gasteiger partial charge in [-0.25, -0.2) is 0 Å². The molecule has 1 N–H and O–H groups in total. The number of hydrogen-bond acceptors (Lipinski definition) is 6. The third-order valence-corrected chi connectivity index (χ3v) is 3.35. The predicted molar refractivity (Wildman–Crippen MR) is 89.7 cm³/mol. The molecule has 0 bridgehead atoms. The SMILES string of the molecule is COc1cc(NC(=O)COc2ccc(C#N)cc2)c(C)cc1[N+](=O)[O-]. The molecule has 0 atom stereocenters. The average molecular weight is 341 g/mol. The molecular weight excluding hydrogens is 326 g/mol. The third-order valence-electron chi connectivity index (χ3n) is 3.35. The van der Waals surface area contributed by atoms with Crippen molar-refractivity contribution in [2.45, 2.75) is 6.92 Å². The smallest absolute Gasteiger partial charge is 0.311 e. The molecule has 0 heterocycles. The summed E-state index contributed by atoms with van der Waals surface area (Å²) in [7, 11) is 1.32. The van der Waals surface area contributed by atoms with Crippen molar-refractivity contribution in [2.24, 2.45) is 0 Å². The Labute approximate surface area is 143 Å². The predicted octanol–water partition coefficient (Wildman–Crippen LogP) is 2.80. The van der Waals surface area contributed by atoms with E-state index in [0.717, 1.165) is 0 Å². The van der Waals surface area contributed by atoms with Gasteiger partial charge < -0.3 is 14.8 Å². The van der Waals surface area contributed by atoms with Crippen molar-refractivity contribution in [1.29, 1.82) is 5.26 Å². The van der Waals surface area contributed by atoms with E-state index in [4.69, 9.17) is 14.7 Å². The molecule has 25 heavy (non-hydrogen) atoms. The number of benzene rings is 2. The van der Waals surface area contributed by atoms with Crippen LogP contribution >= 0.6 is 0 Å². The van der Waals surface area contributed by atoms with Crippen molar-refractivity contribution < 1.29 is 19.2 Å². The summed E-state index contributed by atoms with van der Waals surface area (Å²) in [6.45, 7) is 1.40. The number of carbonyl (C=O) groups is 1. The second-order valence-corrected chi connectivity index (χ2v) is 5.07. The molecule has 2 aromatic rings. The van der Waals surface area contributed by atoms with Crippen molar-refractivity contribution in [3.8, 4) is 17.6 Å². The fraction of sp³-hybridized carbons (Fsp3) is 0.176. The Hall–Kier alpha value is -3.60. The molecule has 8 heteroatoms. The maximum atomic E-state index is 12.0. The number of nitro groups is 1. The highest BCUT2D eigenvalue weighted by atomic mass is 16.6. The van der Waals surface area contributed by atoms with Gasteiger partial charge >= 0.3 is 5.69 Å². The van der Waals surface area contributed by atoms with Crippen molar-refractivity contribution in [3.05, 3.63) is 57.6 Å². The zero-order chi connectivity index (χ0) is 18.4. The Morgan fingerprint density at radius 3 is 2.56 bits per heavy atom. The highest BCUT2D eigenvalue weighted by Gasteiger charge is 2.18. The van der Waals surface area contributed by atoms with Crippen molar-refractivity contribution >= 4 is 17.3 Å². The summed E-state index contributed by atoms with van der Waals surface area (Å²) in [4.78, 5) is 22.4. The quantitative estimate of drug-likeness (QED) is 0.638. The first-order valence-corrected chi connectivity index (χ1v) is 7.20. The van der Waals surface area contributed by atoms with E-state index in [0.29, 0.717) is 22.6 Å². The van der Waals surface area contributed by atoms with Crippen LogP contribution in [0.25, 0.3) is 0 Å². The molecule has 0 fully saturated rings. The summed E-state index contributed by atoms with van der Waals surface area (Å²) >= 11 is 0. The molecule has 0 unspecified atom stereocenters. The fourth-order valence-corrected chi connectivity index (χ4v) is 2.07. The minimum absolute atomic E-state index is 0.0545. The lowest BCUT2D eigenvalue weighted by Crippen LogP contribution is -2.20. The molecule has 0 saturated heterocycles. The molecule has 8 nitrogen and oxygen atoms in total. The number of amides is 1. The number of rotatable bonds is 6. The summed E-state index contributed by atoms with van der Waals surface area (Å²) in [5, 5.41) is 22.3. The van der Waals surface area contributed by atoms with Crippen LogP contribution in [0.5, 0.6) is 11.5 Å². The van der Waals surface area contributed by atoms with Crippen LogP contribution in [0.3, 0.4) is 0 Å². The highest BCUT2D eigenvalue weighted by molar-refractivity contribution is 5.93. The Kier molecular flexibility index (Phi) is 5.53. The zero-order valence-electron chi connectivity index (χ0n) is 13.6. The van der Waals surface area contributed by atoms with Crippen molar-refractivity contribution in [2.75, 3.05) is 19.0 Å². The lowest BCUT2D eigenvalue weighted by atomic mass is 10.1. The van der Waals surface area contributed by atoms with Gasteiger partial charge in [0, 0.05) is 17.8 Å². The van der Waals surface area contributed by atoms with Gasteiger partial charge in [0.1, 0.15) is 5.75 Å². The van der Waals surface area contributed by atoms with E-state index in [9.17, 15) is 14.9 Å². The molecule has 128 valence electrons. The van der Waals surface area contributed by atoms with Gasteiger partial charge in [0.15, 0.2) is 12.4 Å². The fourth-order valence-electron chi connectivity index (χ4n) is 2.07.